The Labute approximate surface area is 98.3 Å². The lowest BCUT2D eigenvalue weighted by Gasteiger charge is -2.20. The minimum Gasteiger partial charge on any atom is -0.376 e. The molecule has 17 heavy (non-hydrogen) atoms. The molecule has 1 aliphatic rings. The van der Waals surface area contributed by atoms with Gasteiger partial charge in [-0.15, -0.1) is 0 Å². The Morgan fingerprint density at radius 2 is 2.24 bits per heavy atom. The molecule has 0 heterocycles. The number of hydrogen-bond donors (Lipinski definition) is 1. The minimum atomic E-state index is -0.500. The van der Waals surface area contributed by atoms with Gasteiger partial charge in [-0.3, -0.25) is 10.1 Å². The highest BCUT2D eigenvalue weighted by Gasteiger charge is 2.18. The summed E-state index contributed by atoms with van der Waals surface area (Å²) < 4.78 is 13.1. The third-order valence-electron chi connectivity index (χ3n) is 2.78. The van der Waals surface area contributed by atoms with Crippen molar-refractivity contribution in [1.29, 1.82) is 0 Å². The fourth-order valence-electron chi connectivity index (χ4n) is 1.93. The zero-order valence-corrected chi connectivity index (χ0v) is 9.23. The smallest absolute Gasteiger partial charge is 0.292 e. The SMILES string of the molecule is O=[N+]([O-])c1ccc(F)cc1NC1CC=CCC1. The van der Waals surface area contributed by atoms with Gasteiger partial charge in [0.1, 0.15) is 11.5 Å². The van der Waals surface area contributed by atoms with E-state index in [1.165, 1.54) is 12.1 Å². The summed E-state index contributed by atoms with van der Waals surface area (Å²) in [4.78, 5) is 10.3. The normalized spacial score (nSPS) is 19.0. The van der Waals surface area contributed by atoms with Gasteiger partial charge >= 0.3 is 0 Å². The zero-order valence-electron chi connectivity index (χ0n) is 9.23. The number of allylic oxidation sites excluding steroid dienone is 1. The molecule has 4 nitrogen and oxygen atoms in total. The molecular formula is C12H13FN2O2. The summed E-state index contributed by atoms with van der Waals surface area (Å²) in [6.07, 6.45) is 6.78. The molecule has 1 aromatic carbocycles. The van der Waals surface area contributed by atoms with Gasteiger partial charge in [-0.1, -0.05) is 12.2 Å². The van der Waals surface area contributed by atoms with E-state index in [0.717, 1.165) is 25.3 Å². The Morgan fingerprint density at radius 3 is 2.88 bits per heavy atom. The lowest BCUT2D eigenvalue weighted by Crippen LogP contribution is -2.20. The zero-order chi connectivity index (χ0) is 12.3. The van der Waals surface area contributed by atoms with Crippen LogP contribution in [0.2, 0.25) is 0 Å². The van der Waals surface area contributed by atoms with Crippen molar-refractivity contribution in [1.82, 2.24) is 0 Å². The van der Waals surface area contributed by atoms with Crippen molar-refractivity contribution >= 4 is 11.4 Å². The van der Waals surface area contributed by atoms with Gasteiger partial charge in [-0.05, 0) is 25.3 Å². The summed E-state index contributed by atoms with van der Waals surface area (Å²) in [5.74, 6) is -0.468. The van der Waals surface area contributed by atoms with Gasteiger partial charge in [0.2, 0.25) is 0 Å². The lowest BCUT2D eigenvalue weighted by molar-refractivity contribution is -0.384. The topological polar surface area (TPSA) is 55.2 Å². The summed E-state index contributed by atoms with van der Waals surface area (Å²) in [6.45, 7) is 0. The van der Waals surface area contributed by atoms with E-state index >= 15 is 0 Å². The molecule has 1 aromatic rings. The van der Waals surface area contributed by atoms with E-state index in [1.54, 1.807) is 0 Å². The van der Waals surface area contributed by atoms with Crippen molar-refractivity contribution in [3.63, 3.8) is 0 Å². The molecule has 0 bridgehead atoms. The number of anilines is 1. The molecule has 0 aliphatic heterocycles. The molecule has 1 aliphatic carbocycles. The molecule has 0 aromatic heterocycles. The first-order valence-corrected chi connectivity index (χ1v) is 5.52. The van der Waals surface area contributed by atoms with Crippen LogP contribution in [-0.4, -0.2) is 11.0 Å². The number of rotatable bonds is 3. The van der Waals surface area contributed by atoms with Crippen molar-refractivity contribution in [2.45, 2.75) is 25.3 Å². The van der Waals surface area contributed by atoms with Crippen molar-refractivity contribution in [2.75, 3.05) is 5.32 Å². The number of halogens is 1. The fraction of sp³-hybridized carbons (Fsp3) is 0.333. The van der Waals surface area contributed by atoms with Gasteiger partial charge in [0.05, 0.1) is 4.92 Å². The van der Waals surface area contributed by atoms with Crippen LogP contribution in [0.4, 0.5) is 15.8 Å². The molecule has 90 valence electrons. The van der Waals surface area contributed by atoms with Crippen molar-refractivity contribution in [3.8, 4) is 0 Å². The third-order valence-corrected chi connectivity index (χ3v) is 2.78. The molecule has 2 rings (SSSR count). The van der Waals surface area contributed by atoms with E-state index in [0.29, 0.717) is 0 Å². The first kappa shape index (κ1) is 11.6. The van der Waals surface area contributed by atoms with Crippen LogP contribution in [0.25, 0.3) is 0 Å². The monoisotopic (exact) mass is 236 g/mol. The van der Waals surface area contributed by atoms with E-state index in [-0.39, 0.29) is 17.4 Å². The summed E-state index contributed by atoms with van der Waals surface area (Å²) in [5, 5.41) is 13.8. The second-order valence-corrected chi connectivity index (χ2v) is 4.04. The van der Waals surface area contributed by atoms with Crippen LogP contribution in [0, 0.1) is 15.9 Å². The Balaban J connectivity index is 2.21. The van der Waals surface area contributed by atoms with Crippen LogP contribution in [-0.2, 0) is 0 Å². The maximum atomic E-state index is 13.1. The van der Waals surface area contributed by atoms with Crippen molar-refractivity contribution in [3.05, 3.63) is 46.3 Å². The average Bonchev–Trinajstić information content (AvgIpc) is 2.30. The number of nitrogens with zero attached hydrogens (tertiary/aromatic N) is 1. The second kappa shape index (κ2) is 4.95. The Hall–Kier alpha value is -1.91. The molecule has 0 saturated heterocycles. The number of nitrogens with one attached hydrogen (secondary N) is 1. The molecule has 0 fully saturated rings. The van der Waals surface area contributed by atoms with E-state index in [9.17, 15) is 14.5 Å². The summed E-state index contributed by atoms with van der Waals surface area (Å²) in [6, 6.07) is 3.61. The van der Waals surface area contributed by atoms with Gasteiger partial charge in [0.15, 0.2) is 0 Å². The maximum Gasteiger partial charge on any atom is 0.292 e. The van der Waals surface area contributed by atoms with Gasteiger partial charge in [-0.25, -0.2) is 4.39 Å². The predicted molar refractivity (Wildman–Crippen MR) is 63.5 cm³/mol. The fourth-order valence-corrected chi connectivity index (χ4v) is 1.93. The number of hydrogen-bond acceptors (Lipinski definition) is 3. The molecule has 0 amide bonds. The van der Waals surface area contributed by atoms with E-state index in [4.69, 9.17) is 0 Å². The summed E-state index contributed by atoms with van der Waals surface area (Å²) in [5.41, 5.74) is 0.177. The Morgan fingerprint density at radius 1 is 1.41 bits per heavy atom. The largest absolute Gasteiger partial charge is 0.376 e. The van der Waals surface area contributed by atoms with Crippen LogP contribution >= 0.6 is 0 Å². The molecular weight excluding hydrogens is 223 g/mol. The van der Waals surface area contributed by atoms with Gasteiger partial charge in [0.25, 0.3) is 5.69 Å². The average molecular weight is 236 g/mol. The van der Waals surface area contributed by atoms with Gasteiger partial charge in [-0.2, -0.15) is 0 Å². The highest BCUT2D eigenvalue weighted by atomic mass is 19.1. The first-order chi connectivity index (χ1) is 8.16. The third kappa shape index (κ3) is 2.81. The van der Waals surface area contributed by atoms with Crippen LogP contribution in [0.3, 0.4) is 0 Å². The number of nitro benzene ring substituents is 1. The van der Waals surface area contributed by atoms with E-state index in [1.807, 2.05) is 6.08 Å². The Bertz CT molecular complexity index is 460. The molecule has 0 saturated carbocycles. The van der Waals surface area contributed by atoms with Crippen molar-refractivity contribution in [2.24, 2.45) is 0 Å². The van der Waals surface area contributed by atoms with E-state index < -0.39 is 10.7 Å². The van der Waals surface area contributed by atoms with Gasteiger partial charge in [0, 0.05) is 18.2 Å². The highest BCUT2D eigenvalue weighted by molar-refractivity contribution is 5.62. The minimum absolute atomic E-state index is 0.0825. The predicted octanol–water partition coefficient (Wildman–Crippen LogP) is 3.25. The number of nitro groups is 1. The first-order valence-electron chi connectivity index (χ1n) is 5.52. The Kier molecular flexibility index (Phi) is 3.37. The number of benzene rings is 1. The van der Waals surface area contributed by atoms with Crippen LogP contribution < -0.4 is 5.32 Å². The van der Waals surface area contributed by atoms with Gasteiger partial charge < -0.3 is 5.32 Å². The summed E-state index contributed by atoms with van der Waals surface area (Å²) in [7, 11) is 0. The molecule has 1 unspecified atom stereocenters. The van der Waals surface area contributed by atoms with E-state index in [2.05, 4.69) is 11.4 Å². The molecule has 5 heteroatoms. The lowest BCUT2D eigenvalue weighted by atomic mass is 10.0. The molecule has 0 spiro atoms. The molecule has 1 N–H and O–H groups in total. The second-order valence-electron chi connectivity index (χ2n) is 4.04. The van der Waals surface area contributed by atoms with Crippen LogP contribution in [0.15, 0.2) is 30.4 Å². The summed E-state index contributed by atoms with van der Waals surface area (Å²) >= 11 is 0. The molecule has 0 radical (unpaired) electrons. The maximum absolute atomic E-state index is 13.1. The quantitative estimate of drug-likeness (QED) is 0.498. The highest BCUT2D eigenvalue weighted by Crippen LogP contribution is 2.27. The molecule has 1 atom stereocenters. The van der Waals surface area contributed by atoms with Crippen LogP contribution in [0.5, 0.6) is 0 Å². The van der Waals surface area contributed by atoms with Crippen LogP contribution in [0.1, 0.15) is 19.3 Å². The standard InChI is InChI=1S/C12H13FN2O2/c13-9-6-7-12(15(16)17)11(8-9)14-10-4-2-1-3-5-10/h1-2,6-8,10,14H,3-5H2. The van der Waals surface area contributed by atoms with Crippen molar-refractivity contribution < 1.29 is 9.31 Å².